The Morgan fingerprint density at radius 2 is 2.04 bits per heavy atom. The minimum atomic E-state index is -0.386. The van der Waals surface area contributed by atoms with Crippen LogP contribution in [0.5, 0.6) is 0 Å². The summed E-state index contributed by atoms with van der Waals surface area (Å²) in [6.45, 7) is 1.90. The number of hydrogen-bond donors (Lipinski definition) is 2. The highest BCUT2D eigenvalue weighted by Gasteiger charge is 2.19. The number of rotatable bonds is 5. The van der Waals surface area contributed by atoms with E-state index in [4.69, 9.17) is 0 Å². The number of aliphatic hydroxyl groups is 1. The second kappa shape index (κ2) is 7.01. The van der Waals surface area contributed by atoms with Crippen molar-refractivity contribution in [2.45, 2.75) is 20.1 Å². The summed E-state index contributed by atoms with van der Waals surface area (Å²) in [4.78, 5) is 17.7. The van der Waals surface area contributed by atoms with Crippen molar-refractivity contribution in [1.29, 1.82) is 0 Å². The summed E-state index contributed by atoms with van der Waals surface area (Å²) in [5.74, 6) is -0.386. The van der Waals surface area contributed by atoms with Crippen LogP contribution in [0.3, 0.4) is 0 Å². The molecule has 2 aromatic heterocycles. The zero-order valence-electron chi connectivity index (χ0n) is 13.2. The monoisotopic (exact) mass is 323 g/mol. The summed E-state index contributed by atoms with van der Waals surface area (Å²) < 4.78 is 0. The van der Waals surface area contributed by atoms with Crippen molar-refractivity contribution in [2.75, 3.05) is 0 Å². The van der Waals surface area contributed by atoms with E-state index in [1.807, 2.05) is 37.3 Å². The number of amides is 1. The Balaban J connectivity index is 1.82. The molecular formula is C17H17N5O2. The first-order valence-electron chi connectivity index (χ1n) is 7.49. The average Bonchev–Trinajstić information content (AvgIpc) is 3.05. The molecule has 2 heterocycles. The van der Waals surface area contributed by atoms with Crippen LogP contribution in [-0.4, -0.2) is 31.0 Å². The molecule has 1 aromatic carbocycles. The molecule has 0 unspecified atom stereocenters. The molecular weight excluding hydrogens is 306 g/mol. The number of aliphatic hydroxyl groups excluding tert-OH is 1. The lowest BCUT2D eigenvalue weighted by Gasteiger charge is -2.04. The van der Waals surface area contributed by atoms with Crippen LogP contribution in [-0.2, 0) is 13.2 Å². The van der Waals surface area contributed by atoms with Crippen LogP contribution < -0.4 is 5.32 Å². The van der Waals surface area contributed by atoms with Crippen molar-refractivity contribution in [3.05, 3.63) is 71.3 Å². The molecule has 0 aliphatic heterocycles. The zero-order chi connectivity index (χ0) is 16.9. The van der Waals surface area contributed by atoms with E-state index < -0.39 is 0 Å². The van der Waals surface area contributed by atoms with Crippen LogP contribution in [0, 0.1) is 6.92 Å². The number of hydrogen-bond acceptors (Lipinski definition) is 5. The Hall–Kier alpha value is -3.06. The predicted molar refractivity (Wildman–Crippen MR) is 87.4 cm³/mol. The molecule has 0 saturated carbocycles. The van der Waals surface area contributed by atoms with E-state index in [9.17, 15) is 9.90 Å². The molecule has 3 aromatic rings. The topological polar surface area (TPSA) is 92.9 Å². The largest absolute Gasteiger partial charge is 0.390 e. The van der Waals surface area contributed by atoms with Gasteiger partial charge >= 0.3 is 0 Å². The molecule has 0 saturated heterocycles. The first-order chi connectivity index (χ1) is 11.7. The van der Waals surface area contributed by atoms with Gasteiger partial charge in [0.2, 0.25) is 0 Å². The molecule has 7 heteroatoms. The van der Waals surface area contributed by atoms with Crippen molar-refractivity contribution >= 4 is 5.91 Å². The van der Waals surface area contributed by atoms with Crippen molar-refractivity contribution in [3.8, 4) is 5.69 Å². The molecule has 0 bridgehead atoms. The third-order valence-corrected chi connectivity index (χ3v) is 3.56. The Morgan fingerprint density at radius 1 is 1.21 bits per heavy atom. The maximum absolute atomic E-state index is 12.4. The highest BCUT2D eigenvalue weighted by Crippen LogP contribution is 2.13. The summed E-state index contributed by atoms with van der Waals surface area (Å²) in [5.41, 5.74) is 2.96. The van der Waals surface area contributed by atoms with E-state index in [0.717, 1.165) is 16.8 Å². The predicted octanol–water partition coefficient (Wildman–Crippen LogP) is 1.39. The van der Waals surface area contributed by atoms with Crippen LogP contribution in [0.15, 0.2) is 48.8 Å². The summed E-state index contributed by atoms with van der Waals surface area (Å²) >= 11 is 0. The Kier molecular flexibility index (Phi) is 4.62. The van der Waals surface area contributed by atoms with E-state index in [1.54, 1.807) is 18.5 Å². The number of aromatic nitrogens is 4. The number of nitrogens with one attached hydrogen (secondary N) is 1. The highest BCUT2D eigenvalue weighted by atomic mass is 16.3. The molecule has 0 radical (unpaired) electrons. The van der Waals surface area contributed by atoms with E-state index in [-0.39, 0.29) is 23.9 Å². The van der Waals surface area contributed by atoms with Gasteiger partial charge in [-0.1, -0.05) is 24.3 Å². The van der Waals surface area contributed by atoms with Gasteiger partial charge in [-0.15, -0.1) is 10.2 Å². The van der Waals surface area contributed by atoms with Crippen LogP contribution in [0.2, 0.25) is 0 Å². The summed E-state index contributed by atoms with van der Waals surface area (Å²) in [6, 6.07) is 11.2. The number of carbonyl (C=O) groups excluding carboxylic acids is 1. The number of pyridine rings is 1. The van der Waals surface area contributed by atoms with Crippen molar-refractivity contribution in [2.24, 2.45) is 0 Å². The molecule has 2 N–H and O–H groups in total. The number of para-hydroxylation sites is 1. The minimum Gasteiger partial charge on any atom is -0.390 e. The van der Waals surface area contributed by atoms with Gasteiger partial charge < -0.3 is 10.4 Å². The smallest absolute Gasteiger partial charge is 0.274 e. The van der Waals surface area contributed by atoms with Crippen molar-refractivity contribution in [3.63, 3.8) is 0 Å². The lowest BCUT2D eigenvalue weighted by atomic mass is 10.2. The van der Waals surface area contributed by atoms with E-state index >= 15 is 0 Å². The number of aryl methyl sites for hydroxylation is 1. The molecule has 1 amide bonds. The fraction of sp³-hybridized carbons (Fsp3) is 0.176. The van der Waals surface area contributed by atoms with Crippen molar-refractivity contribution in [1.82, 2.24) is 25.3 Å². The maximum atomic E-state index is 12.4. The molecule has 3 rings (SSSR count). The maximum Gasteiger partial charge on any atom is 0.274 e. The van der Waals surface area contributed by atoms with Crippen molar-refractivity contribution < 1.29 is 9.90 Å². The second-order valence-corrected chi connectivity index (χ2v) is 5.27. The van der Waals surface area contributed by atoms with Gasteiger partial charge in [0.05, 0.1) is 12.3 Å². The Bertz CT molecular complexity index is 845. The van der Waals surface area contributed by atoms with E-state index in [0.29, 0.717) is 6.54 Å². The normalized spacial score (nSPS) is 10.6. The first-order valence-corrected chi connectivity index (χ1v) is 7.49. The Morgan fingerprint density at radius 3 is 2.75 bits per heavy atom. The third-order valence-electron chi connectivity index (χ3n) is 3.56. The van der Waals surface area contributed by atoms with Crippen LogP contribution in [0.4, 0.5) is 0 Å². The van der Waals surface area contributed by atoms with Crippen LogP contribution in [0.1, 0.15) is 27.3 Å². The van der Waals surface area contributed by atoms with Gasteiger partial charge in [0.15, 0.2) is 5.69 Å². The molecule has 0 fully saturated rings. The second-order valence-electron chi connectivity index (χ2n) is 5.27. The summed E-state index contributed by atoms with van der Waals surface area (Å²) in [5, 5.41) is 20.7. The fourth-order valence-corrected chi connectivity index (χ4v) is 2.28. The highest BCUT2D eigenvalue weighted by molar-refractivity contribution is 5.93. The third kappa shape index (κ3) is 3.31. The van der Waals surface area contributed by atoms with Gasteiger partial charge in [0.25, 0.3) is 5.91 Å². The van der Waals surface area contributed by atoms with E-state index in [1.165, 1.54) is 4.80 Å². The SMILES string of the molecule is Cc1ccccc1-n1nc(CO)c(C(=O)NCc2cccnc2)n1. The van der Waals surface area contributed by atoms with Crippen LogP contribution in [0.25, 0.3) is 5.69 Å². The Labute approximate surface area is 139 Å². The molecule has 122 valence electrons. The first kappa shape index (κ1) is 15.8. The average molecular weight is 323 g/mol. The van der Waals surface area contributed by atoms with Gasteiger partial charge in [-0.05, 0) is 30.2 Å². The molecule has 0 atom stereocenters. The lowest BCUT2D eigenvalue weighted by molar-refractivity contribution is 0.0942. The van der Waals surface area contributed by atoms with Gasteiger partial charge in [-0.3, -0.25) is 9.78 Å². The van der Waals surface area contributed by atoms with Crippen LogP contribution >= 0.6 is 0 Å². The van der Waals surface area contributed by atoms with Gasteiger partial charge in [-0.25, -0.2) is 0 Å². The summed E-state index contributed by atoms with van der Waals surface area (Å²) in [6.07, 6.45) is 3.35. The standard InChI is InChI=1S/C17H17N5O2/c1-12-5-2-3-7-15(12)22-20-14(11-23)16(21-22)17(24)19-10-13-6-4-8-18-9-13/h2-9,23H,10-11H2,1H3,(H,19,24). The number of carbonyl (C=O) groups is 1. The fourth-order valence-electron chi connectivity index (χ4n) is 2.28. The van der Waals surface area contributed by atoms with E-state index in [2.05, 4.69) is 20.5 Å². The molecule has 0 aliphatic carbocycles. The van der Waals surface area contributed by atoms with Gasteiger partial charge in [-0.2, -0.15) is 4.80 Å². The number of benzene rings is 1. The molecule has 0 aliphatic rings. The zero-order valence-corrected chi connectivity index (χ0v) is 13.2. The molecule has 7 nitrogen and oxygen atoms in total. The van der Waals surface area contributed by atoms with Gasteiger partial charge in [0.1, 0.15) is 5.69 Å². The van der Waals surface area contributed by atoms with Gasteiger partial charge in [0, 0.05) is 18.9 Å². The molecule has 0 spiro atoms. The molecule has 24 heavy (non-hydrogen) atoms. The number of nitrogens with zero attached hydrogens (tertiary/aromatic N) is 4. The lowest BCUT2D eigenvalue weighted by Crippen LogP contribution is -2.24. The minimum absolute atomic E-state index is 0.115. The quantitative estimate of drug-likeness (QED) is 0.740. The summed E-state index contributed by atoms with van der Waals surface area (Å²) in [7, 11) is 0.